The molecule has 25 heavy (non-hydrogen) atoms. The highest BCUT2D eigenvalue weighted by Crippen LogP contribution is 2.18. The Morgan fingerprint density at radius 1 is 1.04 bits per heavy atom. The summed E-state index contributed by atoms with van der Waals surface area (Å²) >= 11 is 0. The van der Waals surface area contributed by atoms with Crippen LogP contribution >= 0.6 is 0 Å². The molecule has 0 aliphatic carbocycles. The van der Waals surface area contributed by atoms with E-state index in [-0.39, 0.29) is 5.91 Å². The van der Waals surface area contributed by atoms with Crippen LogP contribution in [0.1, 0.15) is 23.0 Å². The molecule has 0 atom stereocenters. The molecule has 126 valence electrons. The van der Waals surface area contributed by atoms with Gasteiger partial charge in [0, 0.05) is 5.56 Å². The van der Waals surface area contributed by atoms with Crippen molar-refractivity contribution in [3.63, 3.8) is 0 Å². The second-order valence-electron chi connectivity index (χ2n) is 5.37. The molecular formula is C20H19N3O2. The maximum atomic E-state index is 12.4. The highest BCUT2D eigenvalue weighted by Gasteiger charge is 2.12. The molecule has 3 aromatic rings. The number of carbonyl (C=O) groups excluding carboxylic acids is 1. The monoisotopic (exact) mass is 333 g/mol. The van der Waals surface area contributed by atoms with Crippen LogP contribution in [0.25, 0.3) is 11.3 Å². The number of para-hydroxylation sites is 1. The van der Waals surface area contributed by atoms with Gasteiger partial charge in [-0.05, 0) is 25.1 Å². The van der Waals surface area contributed by atoms with Gasteiger partial charge < -0.3 is 10.1 Å². The molecule has 0 bridgehead atoms. The van der Waals surface area contributed by atoms with Crippen LogP contribution in [0, 0.1) is 0 Å². The third kappa shape index (κ3) is 4.20. The number of ether oxygens (including phenoxy) is 1. The minimum absolute atomic E-state index is 0.191. The van der Waals surface area contributed by atoms with Gasteiger partial charge in [0.05, 0.1) is 30.1 Å². The fourth-order valence-corrected chi connectivity index (χ4v) is 2.46. The molecule has 0 fully saturated rings. The fourth-order valence-electron chi connectivity index (χ4n) is 2.46. The van der Waals surface area contributed by atoms with Gasteiger partial charge in [-0.25, -0.2) is 9.97 Å². The van der Waals surface area contributed by atoms with Crippen molar-refractivity contribution in [3.05, 3.63) is 78.2 Å². The lowest BCUT2D eigenvalue weighted by Crippen LogP contribution is -2.24. The molecule has 1 heterocycles. The summed E-state index contributed by atoms with van der Waals surface area (Å²) < 4.78 is 5.50. The van der Waals surface area contributed by atoms with E-state index in [1.807, 2.05) is 55.5 Å². The molecule has 1 N–H and O–H groups in total. The lowest BCUT2D eigenvalue weighted by molar-refractivity contribution is 0.0946. The van der Waals surface area contributed by atoms with Gasteiger partial charge in [0.1, 0.15) is 12.1 Å². The SMILES string of the molecule is CCOc1ccccc1C(=O)NCc1cc(-c2ccccc2)ncn1. The number of hydrogen-bond acceptors (Lipinski definition) is 4. The lowest BCUT2D eigenvalue weighted by atomic mass is 10.1. The van der Waals surface area contributed by atoms with Crippen LogP contribution in [0.3, 0.4) is 0 Å². The number of amides is 1. The zero-order valence-electron chi connectivity index (χ0n) is 14.0. The summed E-state index contributed by atoms with van der Waals surface area (Å²) in [6.07, 6.45) is 1.51. The van der Waals surface area contributed by atoms with Crippen molar-refractivity contribution in [3.8, 4) is 17.0 Å². The standard InChI is InChI=1S/C20H19N3O2/c1-2-25-19-11-7-6-10-17(19)20(24)21-13-16-12-18(23-14-22-16)15-8-4-3-5-9-15/h3-12,14H,2,13H2,1H3,(H,21,24). The molecule has 5 heteroatoms. The Morgan fingerprint density at radius 3 is 2.60 bits per heavy atom. The molecule has 0 aliphatic heterocycles. The minimum atomic E-state index is -0.191. The molecule has 3 rings (SSSR count). The molecule has 0 saturated heterocycles. The van der Waals surface area contributed by atoms with Gasteiger partial charge in [-0.1, -0.05) is 42.5 Å². The Morgan fingerprint density at radius 2 is 1.80 bits per heavy atom. The number of hydrogen-bond donors (Lipinski definition) is 1. The summed E-state index contributed by atoms with van der Waals surface area (Å²) in [6.45, 7) is 2.72. The molecule has 0 unspecified atom stereocenters. The Hall–Kier alpha value is -3.21. The largest absolute Gasteiger partial charge is 0.493 e. The maximum absolute atomic E-state index is 12.4. The topological polar surface area (TPSA) is 64.1 Å². The first kappa shape index (κ1) is 16.6. The first-order valence-electron chi connectivity index (χ1n) is 8.14. The summed E-state index contributed by atoms with van der Waals surface area (Å²) in [6, 6.07) is 18.9. The molecule has 1 amide bonds. The molecule has 2 aromatic carbocycles. The number of aromatic nitrogens is 2. The highest BCUT2D eigenvalue weighted by molar-refractivity contribution is 5.96. The average Bonchev–Trinajstić information content (AvgIpc) is 2.68. The van der Waals surface area contributed by atoms with Crippen LogP contribution < -0.4 is 10.1 Å². The average molecular weight is 333 g/mol. The molecule has 0 aliphatic rings. The van der Waals surface area contributed by atoms with E-state index in [0.29, 0.717) is 24.5 Å². The van der Waals surface area contributed by atoms with Crippen LogP contribution in [0.15, 0.2) is 67.0 Å². The third-order valence-corrected chi connectivity index (χ3v) is 3.65. The van der Waals surface area contributed by atoms with E-state index in [1.54, 1.807) is 12.1 Å². The maximum Gasteiger partial charge on any atom is 0.255 e. The lowest BCUT2D eigenvalue weighted by Gasteiger charge is -2.10. The zero-order valence-corrected chi connectivity index (χ0v) is 14.0. The van der Waals surface area contributed by atoms with Crippen molar-refractivity contribution < 1.29 is 9.53 Å². The van der Waals surface area contributed by atoms with Gasteiger partial charge in [-0.3, -0.25) is 4.79 Å². The summed E-state index contributed by atoms with van der Waals surface area (Å²) in [4.78, 5) is 21.0. The van der Waals surface area contributed by atoms with Crippen molar-refractivity contribution in [1.82, 2.24) is 15.3 Å². The van der Waals surface area contributed by atoms with Gasteiger partial charge in [0.15, 0.2) is 0 Å². The van der Waals surface area contributed by atoms with Crippen LogP contribution in [-0.2, 0) is 6.54 Å². The summed E-state index contributed by atoms with van der Waals surface area (Å²) in [5.74, 6) is 0.388. The Kier molecular flexibility index (Phi) is 5.36. The zero-order chi connectivity index (χ0) is 17.5. The van der Waals surface area contributed by atoms with Crippen LogP contribution in [0.5, 0.6) is 5.75 Å². The Labute approximate surface area is 146 Å². The van der Waals surface area contributed by atoms with E-state index in [0.717, 1.165) is 17.0 Å². The van der Waals surface area contributed by atoms with Crippen molar-refractivity contribution in [2.24, 2.45) is 0 Å². The molecule has 0 spiro atoms. The smallest absolute Gasteiger partial charge is 0.255 e. The molecule has 1 aromatic heterocycles. The minimum Gasteiger partial charge on any atom is -0.493 e. The quantitative estimate of drug-likeness (QED) is 0.750. The van der Waals surface area contributed by atoms with Crippen LogP contribution in [-0.4, -0.2) is 22.5 Å². The molecule has 5 nitrogen and oxygen atoms in total. The van der Waals surface area contributed by atoms with Crippen LogP contribution in [0.2, 0.25) is 0 Å². The van der Waals surface area contributed by atoms with Crippen molar-refractivity contribution in [2.75, 3.05) is 6.61 Å². The number of rotatable bonds is 6. The van der Waals surface area contributed by atoms with E-state index in [9.17, 15) is 4.79 Å². The highest BCUT2D eigenvalue weighted by atomic mass is 16.5. The number of benzene rings is 2. The molecular weight excluding hydrogens is 314 g/mol. The van der Waals surface area contributed by atoms with E-state index >= 15 is 0 Å². The van der Waals surface area contributed by atoms with E-state index in [1.165, 1.54) is 6.33 Å². The number of carbonyl (C=O) groups is 1. The number of nitrogens with zero attached hydrogens (tertiary/aromatic N) is 2. The van der Waals surface area contributed by atoms with Crippen molar-refractivity contribution in [1.29, 1.82) is 0 Å². The second-order valence-corrected chi connectivity index (χ2v) is 5.37. The van der Waals surface area contributed by atoms with E-state index in [4.69, 9.17) is 4.74 Å². The summed E-state index contributed by atoms with van der Waals surface area (Å²) in [7, 11) is 0. The second kappa shape index (κ2) is 8.06. The van der Waals surface area contributed by atoms with Gasteiger partial charge in [0.25, 0.3) is 5.91 Å². The summed E-state index contributed by atoms with van der Waals surface area (Å²) in [5, 5.41) is 2.88. The Bertz CT molecular complexity index is 850. The predicted octanol–water partition coefficient (Wildman–Crippen LogP) is 3.47. The van der Waals surface area contributed by atoms with E-state index in [2.05, 4.69) is 15.3 Å². The van der Waals surface area contributed by atoms with Crippen LogP contribution in [0.4, 0.5) is 0 Å². The molecule has 0 saturated carbocycles. The first-order chi connectivity index (χ1) is 12.3. The Balaban J connectivity index is 1.71. The van der Waals surface area contributed by atoms with Crippen molar-refractivity contribution in [2.45, 2.75) is 13.5 Å². The van der Waals surface area contributed by atoms with Gasteiger partial charge >= 0.3 is 0 Å². The van der Waals surface area contributed by atoms with Gasteiger partial charge in [0.2, 0.25) is 0 Å². The van der Waals surface area contributed by atoms with E-state index < -0.39 is 0 Å². The van der Waals surface area contributed by atoms with Crippen molar-refractivity contribution >= 4 is 5.91 Å². The van der Waals surface area contributed by atoms with Gasteiger partial charge in [-0.15, -0.1) is 0 Å². The summed E-state index contributed by atoms with van der Waals surface area (Å²) in [5.41, 5.74) is 3.10. The normalized spacial score (nSPS) is 10.3. The fraction of sp³-hybridized carbons (Fsp3) is 0.150. The predicted molar refractivity (Wildman–Crippen MR) is 96.2 cm³/mol. The molecule has 0 radical (unpaired) electrons. The first-order valence-corrected chi connectivity index (χ1v) is 8.14. The number of nitrogens with one attached hydrogen (secondary N) is 1. The third-order valence-electron chi connectivity index (χ3n) is 3.65. The van der Waals surface area contributed by atoms with Gasteiger partial charge in [-0.2, -0.15) is 0 Å².